The van der Waals surface area contributed by atoms with E-state index in [2.05, 4.69) is 16.7 Å². The highest BCUT2D eigenvalue weighted by Crippen LogP contribution is 2.06. The summed E-state index contributed by atoms with van der Waals surface area (Å²) in [7, 11) is 0. The van der Waals surface area contributed by atoms with E-state index in [1.165, 1.54) is 18.6 Å². The first-order valence-corrected chi connectivity index (χ1v) is 4.32. The zero-order valence-electron chi connectivity index (χ0n) is 6.75. The van der Waals surface area contributed by atoms with Gasteiger partial charge in [-0.15, -0.1) is 0 Å². The second-order valence-electron chi connectivity index (χ2n) is 3.03. The lowest BCUT2D eigenvalue weighted by Gasteiger charge is -2.11. The van der Waals surface area contributed by atoms with E-state index in [0.29, 0.717) is 0 Å². The molecule has 0 amide bonds. The molecule has 2 heteroatoms. The van der Waals surface area contributed by atoms with E-state index in [9.17, 15) is 0 Å². The molecule has 2 nitrogen and oxygen atoms in total. The van der Waals surface area contributed by atoms with Crippen molar-refractivity contribution in [2.45, 2.75) is 12.8 Å². The molecule has 60 valence electrons. The molecule has 0 atom stereocenters. The van der Waals surface area contributed by atoms with Crippen LogP contribution in [0.5, 0.6) is 0 Å². The molecule has 0 aromatic rings. The molecule has 0 radical (unpaired) electrons. The number of morpholine rings is 1. The van der Waals surface area contributed by atoms with Crippen LogP contribution in [0.3, 0.4) is 0 Å². The van der Waals surface area contributed by atoms with Gasteiger partial charge in [0.2, 0.25) is 0 Å². The van der Waals surface area contributed by atoms with Crippen molar-refractivity contribution in [3.63, 3.8) is 0 Å². The van der Waals surface area contributed by atoms with Crippen molar-refractivity contribution in [3.8, 4) is 0 Å². The topological polar surface area (TPSA) is 12.2 Å². The van der Waals surface area contributed by atoms with Crippen LogP contribution in [0.4, 0.5) is 0 Å². The molecular formula is C9H14NO+. The van der Waals surface area contributed by atoms with Crippen LogP contribution in [0, 0.1) is 0 Å². The zero-order valence-corrected chi connectivity index (χ0v) is 6.75. The van der Waals surface area contributed by atoms with Crippen molar-refractivity contribution in [2.75, 3.05) is 26.3 Å². The Bertz CT molecular complexity index is 198. The Kier molecular flexibility index (Phi) is 2.04. The van der Waals surface area contributed by atoms with Gasteiger partial charge in [0.1, 0.15) is 13.2 Å². The van der Waals surface area contributed by atoms with Crippen LogP contribution < -0.4 is 0 Å². The van der Waals surface area contributed by atoms with Crippen LogP contribution in [-0.4, -0.2) is 36.6 Å². The summed E-state index contributed by atoms with van der Waals surface area (Å²) >= 11 is 0. The highest BCUT2D eigenvalue weighted by atomic mass is 16.5. The summed E-state index contributed by atoms with van der Waals surface area (Å²) in [6.07, 6.45) is 6.98. The highest BCUT2D eigenvalue weighted by Gasteiger charge is 2.17. The Balaban J connectivity index is 2.10. The molecule has 0 aromatic heterocycles. The minimum Gasteiger partial charge on any atom is -0.368 e. The van der Waals surface area contributed by atoms with Gasteiger partial charge in [-0.05, 0) is 6.42 Å². The first kappa shape index (κ1) is 7.04. The fraction of sp³-hybridized carbons (Fsp3) is 0.667. The lowest BCUT2D eigenvalue weighted by molar-refractivity contribution is -0.549. The van der Waals surface area contributed by atoms with Crippen molar-refractivity contribution >= 4 is 5.71 Å². The summed E-state index contributed by atoms with van der Waals surface area (Å²) in [5.74, 6) is 0. The largest absolute Gasteiger partial charge is 0.368 e. The van der Waals surface area contributed by atoms with E-state index in [1.54, 1.807) is 0 Å². The summed E-state index contributed by atoms with van der Waals surface area (Å²) in [6.45, 7) is 3.97. The van der Waals surface area contributed by atoms with E-state index in [-0.39, 0.29) is 0 Å². The van der Waals surface area contributed by atoms with Crippen molar-refractivity contribution in [2.24, 2.45) is 0 Å². The number of rotatable bonds is 0. The summed E-state index contributed by atoms with van der Waals surface area (Å²) < 4.78 is 7.72. The molecule has 0 saturated carbocycles. The van der Waals surface area contributed by atoms with E-state index in [4.69, 9.17) is 4.74 Å². The zero-order chi connectivity index (χ0) is 7.52. The van der Waals surface area contributed by atoms with E-state index >= 15 is 0 Å². The molecule has 1 heterocycles. The number of allylic oxidation sites excluding steroid dienone is 2. The van der Waals surface area contributed by atoms with E-state index < -0.39 is 0 Å². The average molecular weight is 152 g/mol. The Morgan fingerprint density at radius 1 is 1.27 bits per heavy atom. The number of hydrogen-bond acceptors (Lipinski definition) is 1. The Labute approximate surface area is 67.2 Å². The maximum atomic E-state index is 5.28. The molecule has 11 heavy (non-hydrogen) atoms. The van der Waals surface area contributed by atoms with Gasteiger partial charge in [0.25, 0.3) is 0 Å². The van der Waals surface area contributed by atoms with Gasteiger partial charge in [-0.1, -0.05) is 6.08 Å². The maximum absolute atomic E-state index is 5.28. The molecule has 0 spiro atoms. The van der Waals surface area contributed by atoms with Crippen LogP contribution in [0.15, 0.2) is 12.2 Å². The van der Waals surface area contributed by atoms with Gasteiger partial charge in [-0.3, -0.25) is 0 Å². The molecule has 1 aliphatic heterocycles. The Hall–Kier alpha value is -0.630. The second kappa shape index (κ2) is 3.18. The molecular weight excluding hydrogens is 138 g/mol. The highest BCUT2D eigenvalue weighted by molar-refractivity contribution is 5.92. The molecule has 2 rings (SSSR count). The van der Waals surface area contributed by atoms with Gasteiger partial charge in [0, 0.05) is 12.5 Å². The predicted octanol–water partition coefficient (Wildman–Crippen LogP) is 0.820. The number of ether oxygens (including phenoxy) is 1. The van der Waals surface area contributed by atoms with Crippen molar-refractivity contribution in [3.05, 3.63) is 12.2 Å². The van der Waals surface area contributed by atoms with Gasteiger partial charge >= 0.3 is 0 Å². The average Bonchev–Trinajstić information content (AvgIpc) is 2.58. The lowest BCUT2D eigenvalue weighted by atomic mass is 10.3. The van der Waals surface area contributed by atoms with Gasteiger partial charge in [-0.25, -0.2) is 4.58 Å². The summed E-state index contributed by atoms with van der Waals surface area (Å²) in [5, 5.41) is 0. The third-order valence-electron chi connectivity index (χ3n) is 2.29. The van der Waals surface area contributed by atoms with Crippen molar-refractivity contribution in [1.29, 1.82) is 0 Å². The molecule has 2 aliphatic rings. The van der Waals surface area contributed by atoms with Crippen LogP contribution in [0.25, 0.3) is 0 Å². The number of hydrogen-bond donors (Lipinski definition) is 0. The first-order valence-electron chi connectivity index (χ1n) is 4.32. The Morgan fingerprint density at radius 2 is 2.09 bits per heavy atom. The smallest absolute Gasteiger partial charge is 0.176 e. The third-order valence-corrected chi connectivity index (χ3v) is 2.29. The fourth-order valence-corrected chi connectivity index (χ4v) is 1.65. The van der Waals surface area contributed by atoms with Crippen LogP contribution in [0.2, 0.25) is 0 Å². The quantitative estimate of drug-likeness (QED) is 0.468. The van der Waals surface area contributed by atoms with Crippen LogP contribution in [-0.2, 0) is 4.74 Å². The van der Waals surface area contributed by atoms with Crippen molar-refractivity contribution < 1.29 is 9.31 Å². The minimum absolute atomic E-state index is 0.900. The summed E-state index contributed by atoms with van der Waals surface area (Å²) in [4.78, 5) is 0. The standard InChI is InChI=1S/C9H14NO/c1-2-4-9(3-1)10-5-7-11-8-6-10/h1,3H,2,4-8H2/q+1. The van der Waals surface area contributed by atoms with Gasteiger partial charge in [0.15, 0.2) is 18.8 Å². The van der Waals surface area contributed by atoms with E-state index in [0.717, 1.165) is 26.3 Å². The molecule has 1 saturated heterocycles. The van der Waals surface area contributed by atoms with Crippen LogP contribution in [0.1, 0.15) is 12.8 Å². The SMILES string of the molecule is C1=CC(=[N+]2CCOCC2)CC1. The fourth-order valence-electron chi connectivity index (χ4n) is 1.65. The third kappa shape index (κ3) is 1.51. The molecule has 0 N–H and O–H groups in total. The normalized spacial score (nSPS) is 24.7. The summed E-state index contributed by atoms with van der Waals surface area (Å²) in [5.41, 5.74) is 1.51. The van der Waals surface area contributed by atoms with E-state index in [1.807, 2.05) is 0 Å². The van der Waals surface area contributed by atoms with Crippen molar-refractivity contribution in [1.82, 2.24) is 0 Å². The van der Waals surface area contributed by atoms with Gasteiger partial charge < -0.3 is 4.74 Å². The predicted molar refractivity (Wildman–Crippen MR) is 44.2 cm³/mol. The molecule has 0 unspecified atom stereocenters. The van der Waals surface area contributed by atoms with Crippen LogP contribution >= 0.6 is 0 Å². The first-order chi connectivity index (χ1) is 5.47. The maximum Gasteiger partial charge on any atom is 0.176 e. The number of nitrogens with zero attached hydrogens (tertiary/aromatic N) is 1. The molecule has 0 aromatic carbocycles. The minimum atomic E-state index is 0.900. The lowest BCUT2D eigenvalue weighted by Crippen LogP contribution is -2.32. The molecule has 1 fully saturated rings. The van der Waals surface area contributed by atoms with Gasteiger partial charge in [0.05, 0.1) is 0 Å². The Morgan fingerprint density at radius 3 is 2.73 bits per heavy atom. The monoisotopic (exact) mass is 152 g/mol. The summed E-state index contributed by atoms with van der Waals surface area (Å²) in [6, 6.07) is 0. The molecule has 1 aliphatic carbocycles. The second-order valence-corrected chi connectivity index (χ2v) is 3.03. The molecule has 0 bridgehead atoms. The van der Waals surface area contributed by atoms with Gasteiger partial charge in [-0.2, -0.15) is 0 Å².